The number of ether oxygens (including phenoxy) is 1. The Morgan fingerprint density at radius 1 is 1.50 bits per heavy atom. The predicted molar refractivity (Wildman–Crippen MR) is 77.9 cm³/mol. The van der Waals surface area contributed by atoms with Gasteiger partial charge in [0.2, 0.25) is 0 Å². The molecule has 1 N–H and O–H groups in total. The van der Waals surface area contributed by atoms with Gasteiger partial charge in [0.25, 0.3) is 0 Å². The van der Waals surface area contributed by atoms with Crippen molar-refractivity contribution >= 4 is 39.0 Å². The fourth-order valence-electron chi connectivity index (χ4n) is 1.33. The Morgan fingerprint density at radius 2 is 2.31 bits per heavy atom. The largest absolute Gasteiger partial charge is 0.486 e. The minimum absolute atomic E-state index is 0.936. The Hall–Kier alpha value is 0.290. The van der Waals surface area contributed by atoms with Crippen LogP contribution in [0.4, 0.5) is 0 Å². The molecular formula is C11H18BrNOS2. The van der Waals surface area contributed by atoms with Gasteiger partial charge in [-0.1, -0.05) is 0 Å². The van der Waals surface area contributed by atoms with E-state index in [0.717, 1.165) is 22.6 Å². The van der Waals surface area contributed by atoms with Gasteiger partial charge < -0.3 is 10.1 Å². The SMILES string of the molecule is COc1sc(CNCCCCSC)cc1Br. The molecule has 5 heteroatoms. The van der Waals surface area contributed by atoms with Crippen LogP contribution in [0, 0.1) is 0 Å². The number of methoxy groups -OCH3 is 1. The number of rotatable bonds is 8. The van der Waals surface area contributed by atoms with Gasteiger partial charge in [-0.15, -0.1) is 11.3 Å². The third-order valence-corrected chi connectivity index (χ3v) is 4.79. The van der Waals surface area contributed by atoms with Crippen molar-refractivity contribution in [2.24, 2.45) is 0 Å². The molecule has 0 amide bonds. The quantitative estimate of drug-likeness (QED) is 0.736. The van der Waals surface area contributed by atoms with Crippen LogP contribution in [0.2, 0.25) is 0 Å². The summed E-state index contributed by atoms with van der Waals surface area (Å²) < 4.78 is 6.28. The average molecular weight is 324 g/mol. The van der Waals surface area contributed by atoms with Crippen LogP contribution >= 0.6 is 39.0 Å². The summed E-state index contributed by atoms with van der Waals surface area (Å²) in [4.78, 5) is 1.31. The van der Waals surface area contributed by atoms with Gasteiger partial charge in [0.1, 0.15) is 0 Å². The molecule has 0 aliphatic carbocycles. The number of halogens is 1. The van der Waals surface area contributed by atoms with Gasteiger partial charge in [0, 0.05) is 11.4 Å². The lowest BCUT2D eigenvalue weighted by Gasteiger charge is -2.01. The molecule has 0 spiro atoms. The first-order chi connectivity index (χ1) is 7.77. The molecule has 0 saturated heterocycles. The minimum atomic E-state index is 0.936. The van der Waals surface area contributed by atoms with Crippen molar-refractivity contribution in [3.05, 3.63) is 15.4 Å². The molecule has 0 fully saturated rings. The molecule has 0 unspecified atom stereocenters. The van der Waals surface area contributed by atoms with Crippen LogP contribution in [0.3, 0.4) is 0 Å². The number of hydrogen-bond acceptors (Lipinski definition) is 4. The zero-order valence-electron chi connectivity index (χ0n) is 9.72. The van der Waals surface area contributed by atoms with Gasteiger partial charge in [-0.05, 0) is 53.4 Å². The maximum atomic E-state index is 5.23. The van der Waals surface area contributed by atoms with E-state index in [1.54, 1.807) is 18.4 Å². The number of unbranched alkanes of at least 4 members (excludes halogenated alkanes) is 1. The van der Waals surface area contributed by atoms with Crippen LogP contribution in [0.15, 0.2) is 10.5 Å². The molecule has 0 atom stereocenters. The first kappa shape index (κ1) is 14.4. The van der Waals surface area contributed by atoms with Crippen molar-refractivity contribution < 1.29 is 4.74 Å². The second kappa shape index (κ2) is 8.39. The number of hydrogen-bond donors (Lipinski definition) is 1. The van der Waals surface area contributed by atoms with Crippen molar-refractivity contribution in [3.63, 3.8) is 0 Å². The van der Waals surface area contributed by atoms with E-state index in [2.05, 4.69) is 33.6 Å². The molecule has 1 rings (SSSR count). The van der Waals surface area contributed by atoms with Gasteiger partial charge >= 0.3 is 0 Å². The lowest BCUT2D eigenvalue weighted by molar-refractivity contribution is 0.425. The van der Waals surface area contributed by atoms with Crippen LogP contribution in [0.1, 0.15) is 17.7 Å². The molecule has 2 nitrogen and oxygen atoms in total. The number of thioether (sulfide) groups is 1. The molecule has 0 saturated carbocycles. The first-order valence-electron chi connectivity index (χ1n) is 5.29. The maximum absolute atomic E-state index is 5.23. The Morgan fingerprint density at radius 3 is 2.94 bits per heavy atom. The van der Waals surface area contributed by atoms with E-state index in [4.69, 9.17) is 4.74 Å². The van der Waals surface area contributed by atoms with Crippen molar-refractivity contribution in [2.75, 3.05) is 25.7 Å². The van der Waals surface area contributed by atoms with E-state index in [1.165, 1.54) is 23.5 Å². The summed E-state index contributed by atoms with van der Waals surface area (Å²) in [5.74, 6) is 1.26. The van der Waals surface area contributed by atoms with Crippen LogP contribution in [0.5, 0.6) is 5.06 Å². The zero-order chi connectivity index (χ0) is 11.8. The van der Waals surface area contributed by atoms with E-state index in [0.29, 0.717) is 0 Å². The first-order valence-corrected chi connectivity index (χ1v) is 8.30. The summed E-state index contributed by atoms with van der Waals surface area (Å²) in [5.41, 5.74) is 0. The number of nitrogens with one attached hydrogen (secondary N) is 1. The van der Waals surface area contributed by atoms with Crippen molar-refractivity contribution in [1.29, 1.82) is 0 Å². The zero-order valence-corrected chi connectivity index (χ0v) is 12.9. The predicted octanol–water partition coefficient (Wildman–Crippen LogP) is 3.75. The Bertz CT molecular complexity index is 304. The highest BCUT2D eigenvalue weighted by atomic mass is 79.9. The van der Waals surface area contributed by atoms with E-state index in [-0.39, 0.29) is 0 Å². The molecule has 0 aromatic carbocycles. The topological polar surface area (TPSA) is 21.3 Å². The fraction of sp³-hybridized carbons (Fsp3) is 0.636. The molecule has 0 aliphatic rings. The average Bonchev–Trinajstić information content (AvgIpc) is 2.64. The van der Waals surface area contributed by atoms with E-state index >= 15 is 0 Å². The Balaban J connectivity index is 2.16. The van der Waals surface area contributed by atoms with Gasteiger partial charge in [-0.2, -0.15) is 11.8 Å². The van der Waals surface area contributed by atoms with E-state index in [1.807, 2.05) is 11.8 Å². The van der Waals surface area contributed by atoms with Gasteiger partial charge in [-0.25, -0.2) is 0 Å². The molecule has 1 aromatic rings. The second-order valence-corrected chi connectivity index (χ2v) is 6.37. The monoisotopic (exact) mass is 323 g/mol. The highest BCUT2D eigenvalue weighted by molar-refractivity contribution is 9.10. The molecule has 1 aromatic heterocycles. The molecule has 1 heterocycles. The molecule has 92 valence electrons. The summed E-state index contributed by atoms with van der Waals surface area (Å²) in [6, 6.07) is 2.12. The Labute approximate surface area is 114 Å². The van der Waals surface area contributed by atoms with Crippen LogP contribution < -0.4 is 10.1 Å². The van der Waals surface area contributed by atoms with E-state index < -0.39 is 0 Å². The van der Waals surface area contributed by atoms with Crippen LogP contribution in [-0.2, 0) is 6.54 Å². The van der Waals surface area contributed by atoms with Gasteiger partial charge in [0.15, 0.2) is 5.06 Å². The third kappa shape index (κ3) is 5.08. The van der Waals surface area contributed by atoms with Crippen molar-refractivity contribution in [1.82, 2.24) is 5.32 Å². The molecule has 16 heavy (non-hydrogen) atoms. The maximum Gasteiger partial charge on any atom is 0.188 e. The van der Waals surface area contributed by atoms with E-state index in [9.17, 15) is 0 Å². The number of thiophene rings is 1. The van der Waals surface area contributed by atoms with Gasteiger partial charge in [-0.3, -0.25) is 0 Å². The molecule has 0 aliphatic heterocycles. The third-order valence-electron chi connectivity index (χ3n) is 2.14. The summed E-state index contributed by atoms with van der Waals surface area (Å²) in [6.07, 6.45) is 4.71. The smallest absolute Gasteiger partial charge is 0.188 e. The summed E-state index contributed by atoms with van der Waals surface area (Å²) in [6.45, 7) is 2.03. The molecule has 0 radical (unpaired) electrons. The van der Waals surface area contributed by atoms with Gasteiger partial charge in [0.05, 0.1) is 11.6 Å². The highest BCUT2D eigenvalue weighted by Gasteiger charge is 2.05. The molecule has 0 bridgehead atoms. The summed E-state index contributed by atoms with van der Waals surface area (Å²) >= 11 is 7.08. The van der Waals surface area contributed by atoms with Crippen LogP contribution in [0.25, 0.3) is 0 Å². The minimum Gasteiger partial charge on any atom is -0.486 e. The van der Waals surface area contributed by atoms with Crippen LogP contribution in [-0.4, -0.2) is 25.7 Å². The van der Waals surface area contributed by atoms with Crippen molar-refractivity contribution in [3.8, 4) is 5.06 Å². The second-order valence-electron chi connectivity index (χ2n) is 3.43. The normalized spacial score (nSPS) is 10.7. The fourth-order valence-corrected chi connectivity index (χ4v) is 3.49. The standard InChI is InChI=1S/C11H18BrNOS2/c1-14-11-10(12)7-9(16-11)8-13-5-3-4-6-15-2/h7,13H,3-6,8H2,1-2H3. The Kier molecular flexibility index (Phi) is 7.53. The molecular weight excluding hydrogens is 306 g/mol. The van der Waals surface area contributed by atoms with Crippen molar-refractivity contribution in [2.45, 2.75) is 19.4 Å². The lowest BCUT2D eigenvalue weighted by Crippen LogP contribution is -2.13. The highest BCUT2D eigenvalue weighted by Crippen LogP contribution is 2.34. The lowest BCUT2D eigenvalue weighted by atomic mass is 10.3. The summed E-state index contributed by atoms with van der Waals surface area (Å²) in [7, 11) is 1.70. The summed E-state index contributed by atoms with van der Waals surface area (Å²) in [5, 5.41) is 4.41.